The van der Waals surface area contributed by atoms with Gasteiger partial charge in [0.1, 0.15) is 0 Å². The summed E-state index contributed by atoms with van der Waals surface area (Å²) in [7, 11) is 0. The number of aliphatic hydroxyl groups is 2. The molecule has 1 amide bonds. The third-order valence-corrected chi connectivity index (χ3v) is 9.02. The van der Waals surface area contributed by atoms with Crippen molar-refractivity contribution in [1.29, 1.82) is 0 Å². The van der Waals surface area contributed by atoms with E-state index < -0.39 is 12.1 Å². The highest BCUT2D eigenvalue weighted by Gasteiger charge is 2.17. The minimum atomic E-state index is -0.831. The summed E-state index contributed by atoms with van der Waals surface area (Å²) in [5.74, 6) is -0.0632. The van der Waals surface area contributed by atoms with Crippen LogP contribution in [0, 0.1) is 0 Å². The van der Waals surface area contributed by atoms with Crippen molar-refractivity contribution in [3.05, 3.63) is 12.2 Å². The van der Waals surface area contributed by atoms with Crippen molar-refractivity contribution in [2.75, 3.05) is 6.61 Å². The molecule has 0 bridgehead atoms. The predicted molar refractivity (Wildman–Crippen MR) is 189 cm³/mol. The Hall–Kier alpha value is -0.870. The number of nitrogens with one attached hydrogen (secondary N) is 1. The first-order chi connectivity index (χ1) is 21.2. The maximum absolute atomic E-state index is 12.3. The predicted octanol–water partition coefficient (Wildman–Crippen LogP) is 11.5. The molecule has 43 heavy (non-hydrogen) atoms. The molecular weight excluding hydrogens is 530 g/mol. The van der Waals surface area contributed by atoms with Gasteiger partial charge in [-0.2, -0.15) is 0 Å². The Kier molecular flexibility index (Phi) is 34.9. The zero-order valence-corrected chi connectivity index (χ0v) is 29.2. The molecule has 0 aromatic rings. The van der Waals surface area contributed by atoms with Gasteiger partial charge in [0, 0.05) is 6.42 Å². The van der Waals surface area contributed by atoms with E-state index in [1.54, 1.807) is 6.08 Å². The van der Waals surface area contributed by atoms with E-state index in [-0.39, 0.29) is 12.5 Å². The summed E-state index contributed by atoms with van der Waals surface area (Å²) >= 11 is 0. The molecule has 0 saturated carbocycles. The lowest BCUT2D eigenvalue weighted by molar-refractivity contribution is -0.123. The topological polar surface area (TPSA) is 69.6 Å². The summed E-state index contributed by atoms with van der Waals surface area (Å²) in [4.78, 5) is 12.3. The van der Waals surface area contributed by atoms with Gasteiger partial charge in [0.15, 0.2) is 0 Å². The molecule has 0 aliphatic rings. The second kappa shape index (κ2) is 35.6. The van der Waals surface area contributed by atoms with Crippen molar-refractivity contribution in [3.8, 4) is 0 Å². The van der Waals surface area contributed by atoms with Gasteiger partial charge >= 0.3 is 0 Å². The average Bonchev–Trinajstić information content (AvgIpc) is 3.01. The zero-order chi connectivity index (χ0) is 31.5. The molecule has 0 heterocycles. The van der Waals surface area contributed by atoms with Gasteiger partial charge in [-0.25, -0.2) is 0 Å². The van der Waals surface area contributed by atoms with Crippen LogP contribution >= 0.6 is 0 Å². The Morgan fingerprint density at radius 2 is 0.860 bits per heavy atom. The minimum absolute atomic E-state index is 0.0632. The molecule has 2 unspecified atom stereocenters. The third kappa shape index (κ3) is 32.3. The molecule has 4 heteroatoms. The van der Waals surface area contributed by atoms with E-state index in [4.69, 9.17) is 0 Å². The van der Waals surface area contributed by atoms with Gasteiger partial charge in [-0.1, -0.05) is 199 Å². The molecule has 0 radical (unpaired) electrons. The molecule has 4 nitrogen and oxygen atoms in total. The van der Waals surface area contributed by atoms with Crippen molar-refractivity contribution >= 4 is 5.91 Å². The second-order valence-electron chi connectivity index (χ2n) is 13.4. The molecule has 3 N–H and O–H groups in total. The number of aliphatic hydroxyl groups excluding tert-OH is 2. The highest BCUT2D eigenvalue weighted by atomic mass is 16.3. The smallest absolute Gasteiger partial charge is 0.220 e. The first-order valence-electron chi connectivity index (χ1n) is 19.4. The van der Waals surface area contributed by atoms with Crippen LogP contribution in [0.1, 0.15) is 213 Å². The van der Waals surface area contributed by atoms with E-state index in [1.165, 1.54) is 167 Å². The lowest BCUT2D eigenvalue weighted by Crippen LogP contribution is -2.45. The summed E-state index contributed by atoms with van der Waals surface area (Å²) in [5, 5.41) is 22.8. The molecule has 0 aliphatic heterocycles. The Bertz CT molecular complexity index is 579. The van der Waals surface area contributed by atoms with Crippen molar-refractivity contribution in [2.45, 2.75) is 225 Å². The number of carbonyl (C=O) groups excluding carboxylic acids is 1. The fraction of sp³-hybridized carbons (Fsp3) is 0.923. The van der Waals surface area contributed by atoms with Gasteiger partial charge in [-0.05, 0) is 19.3 Å². The van der Waals surface area contributed by atoms with E-state index in [0.717, 1.165) is 25.7 Å². The van der Waals surface area contributed by atoms with Crippen molar-refractivity contribution < 1.29 is 15.0 Å². The molecule has 0 saturated heterocycles. The van der Waals surface area contributed by atoms with Crippen LogP contribution in [0.25, 0.3) is 0 Å². The van der Waals surface area contributed by atoms with Crippen LogP contribution in [0.15, 0.2) is 12.2 Å². The number of allylic oxidation sites excluding steroid dienone is 1. The van der Waals surface area contributed by atoms with Crippen molar-refractivity contribution in [1.82, 2.24) is 5.32 Å². The molecule has 0 rings (SSSR count). The lowest BCUT2D eigenvalue weighted by Gasteiger charge is -2.20. The fourth-order valence-corrected chi connectivity index (χ4v) is 6.00. The van der Waals surface area contributed by atoms with Crippen molar-refractivity contribution in [2.24, 2.45) is 0 Å². The highest BCUT2D eigenvalue weighted by Crippen LogP contribution is 2.16. The van der Waals surface area contributed by atoms with Crippen LogP contribution in [0.3, 0.4) is 0 Å². The molecule has 0 aromatic carbocycles. The van der Waals surface area contributed by atoms with E-state index in [1.807, 2.05) is 6.08 Å². The Morgan fingerprint density at radius 1 is 0.535 bits per heavy atom. The monoisotopic (exact) mass is 608 g/mol. The highest BCUT2D eigenvalue weighted by molar-refractivity contribution is 5.76. The van der Waals surface area contributed by atoms with Gasteiger partial charge < -0.3 is 15.5 Å². The molecule has 0 aliphatic carbocycles. The molecule has 0 spiro atoms. The van der Waals surface area contributed by atoms with Crippen LogP contribution in [-0.4, -0.2) is 34.9 Å². The fourth-order valence-electron chi connectivity index (χ4n) is 6.00. The number of hydrogen-bond acceptors (Lipinski definition) is 3. The normalized spacial score (nSPS) is 13.1. The van der Waals surface area contributed by atoms with Gasteiger partial charge in [-0.15, -0.1) is 0 Å². The van der Waals surface area contributed by atoms with E-state index in [2.05, 4.69) is 19.2 Å². The van der Waals surface area contributed by atoms with E-state index in [0.29, 0.717) is 6.42 Å². The number of amides is 1. The Morgan fingerprint density at radius 3 is 1.21 bits per heavy atom. The molecule has 256 valence electrons. The van der Waals surface area contributed by atoms with Gasteiger partial charge in [0.05, 0.1) is 18.8 Å². The van der Waals surface area contributed by atoms with Crippen LogP contribution in [0.2, 0.25) is 0 Å². The summed E-state index contributed by atoms with van der Waals surface area (Å²) in [6.07, 6.45) is 43.1. The number of rotatable bonds is 35. The maximum Gasteiger partial charge on any atom is 0.220 e. The van der Waals surface area contributed by atoms with Crippen LogP contribution in [-0.2, 0) is 4.79 Å². The average molecular weight is 608 g/mol. The number of unbranched alkanes of at least 4 members (excludes halogenated alkanes) is 28. The van der Waals surface area contributed by atoms with Crippen LogP contribution in [0.5, 0.6) is 0 Å². The maximum atomic E-state index is 12.3. The van der Waals surface area contributed by atoms with Gasteiger partial charge in [0.25, 0.3) is 0 Å². The SMILES string of the molecule is CCCCCCCCC/C=C/C(O)C(CO)NC(=O)CCCCCCCCCCCCCCCCCCCCCCCC. The summed E-state index contributed by atoms with van der Waals surface area (Å²) in [6.45, 7) is 4.29. The van der Waals surface area contributed by atoms with Crippen LogP contribution in [0.4, 0.5) is 0 Å². The zero-order valence-electron chi connectivity index (χ0n) is 29.2. The van der Waals surface area contributed by atoms with Gasteiger partial charge in [-0.3, -0.25) is 4.79 Å². The molecular formula is C39H77NO3. The summed E-state index contributed by atoms with van der Waals surface area (Å²) in [6, 6.07) is -0.613. The number of hydrogen-bond donors (Lipinski definition) is 3. The molecule has 2 atom stereocenters. The minimum Gasteiger partial charge on any atom is -0.394 e. The van der Waals surface area contributed by atoms with Gasteiger partial charge in [0.2, 0.25) is 5.91 Å². The molecule has 0 aromatic heterocycles. The standard InChI is InChI=1S/C39H77NO3/c1-3-5-7-9-11-13-14-15-16-17-18-19-20-21-22-23-24-25-27-29-31-33-35-39(43)40-37(36-41)38(42)34-32-30-28-26-12-10-8-6-4-2/h32,34,37-38,41-42H,3-31,33,35-36H2,1-2H3,(H,40,43)/b34-32+. The largest absolute Gasteiger partial charge is 0.394 e. The van der Waals surface area contributed by atoms with Crippen LogP contribution < -0.4 is 5.32 Å². The first-order valence-corrected chi connectivity index (χ1v) is 19.4. The third-order valence-electron chi connectivity index (χ3n) is 9.02. The molecule has 0 fully saturated rings. The summed E-state index contributed by atoms with van der Waals surface area (Å²) in [5.41, 5.74) is 0. The summed E-state index contributed by atoms with van der Waals surface area (Å²) < 4.78 is 0. The van der Waals surface area contributed by atoms with Crippen molar-refractivity contribution in [3.63, 3.8) is 0 Å². The van der Waals surface area contributed by atoms with E-state index in [9.17, 15) is 15.0 Å². The lowest BCUT2D eigenvalue weighted by atomic mass is 10.0. The quantitative estimate of drug-likeness (QED) is 0.0496. The van der Waals surface area contributed by atoms with E-state index >= 15 is 0 Å². The first kappa shape index (κ1) is 42.1. The Labute approximate surface area is 269 Å². The second-order valence-corrected chi connectivity index (χ2v) is 13.4. The number of carbonyl (C=O) groups is 1. The Balaban J connectivity index is 3.47.